The van der Waals surface area contributed by atoms with Crippen LogP contribution in [0.1, 0.15) is 22.8 Å². The summed E-state index contributed by atoms with van der Waals surface area (Å²) in [6, 6.07) is 3.51. The van der Waals surface area contributed by atoms with Crippen molar-refractivity contribution in [2.24, 2.45) is 0 Å². The van der Waals surface area contributed by atoms with E-state index in [0.29, 0.717) is 23.7 Å². The van der Waals surface area contributed by atoms with Crippen molar-refractivity contribution in [3.63, 3.8) is 0 Å². The van der Waals surface area contributed by atoms with Gasteiger partial charge in [-0.3, -0.25) is 4.79 Å². The number of carbonyl (C=O) groups is 1. The van der Waals surface area contributed by atoms with Crippen LogP contribution < -0.4 is 9.47 Å². The van der Waals surface area contributed by atoms with E-state index in [2.05, 4.69) is 0 Å². The molecule has 1 aromatic rings. The number of hydrogen-bond donors (Lipinski definition) is 0. The molecule has 0 saturated heterocycles. The summed E-state index contributed by atoms with van der Waals surface area (Å²) in [5, 5.41) is 0. The molecule has 1 aromatic carbocycles. The van der Waals surface area contributed by atoms with E-state index < -0.39 is 0 Å². The van der Waals surface area contributed by atoms with Crippen LogP contribution in [-0.2, 0) is 11.3 Å². The summed E-state index contributed by atoms with van der Waals surface area (Å²) in [5.74, 6) is 1.18. The number of fused-ring (bicyclic) bond motifs is 1. The minimum absolute atomic E-state index is 0.0118. The Labute approximate surface area is 94.1 Å². The molecule has 1 aliphatic heterocycles. The lowest BCUT2D eigenvalue weighted by atomic mass is 9.97. The first-order valence-corrected chi connectivity index (χ1v) is 5.08. The van der Waals surface area contributed by atoms with Gasteiger partial charge in [0.15, 0.2) is 17.3 Å². The van der Waals surface area contributed by atoms with Crippen LogP contribution in [0.3, 0.4) is 0 Å². The Balaban J connectivity index is 2.52. The zero-order chi connectivity index (χ0) is 11.7. The zero-order valence-corrected chi connectivity index (χ0v) is 9.57. The van der Waals surface area contributed by atoms with Crippen LogP contribution in [0.15, 0.2) is 12.1 Å². The topological polar surface area (TPSA) is 44.8 Å². The molecule has 0 saturated carbocycles. The molecule has 1 unspecified atom stereocenters. The molecule has 86 valence electrons. The van der Waals surface area contributed by atoms with Crippen molar-refractivity contribution in [1.82, 2.24) is 0 Å². The maximum absolute atomic E-state index is 11.9. The van der Waals surface area contributed by atoms with Crippen molar-refractivity contribution in [3.05, 3.63) is 23.3 Å². The monoisotopic (exact) mass is 222 g/mol. The SMILES string of the molecule is COc1cc2c(cc1OC)C(=O)C(C)OC2. The van der Waals surface area contributed by atoms with Gasteiger partial charge in [0.25, 0.3) is 0 Å². The summed E-state index contributed by atoms with van der Waals surface area (Å²) < 4.78 is 15.7. The lowest BCUT2D eigenvalue weighted by Gasteiger charge is -2.22. The number of ketones is 1. The number of carbonyl (C=O) groups excluding carboxylic acids is 1. The first kappa shape index (κ1) is 11.0. The first-order chi connectivity index (χ1) is 7.67. The van der Waals surface area contributed by atoms with Gasteiger partial charge in [0.1, 0.15) is 6.10 Å². The van der Waals surface area contributed by atoms with Crippen LogP contribution in [0.2, 0.25) is 0 Å². The van der Waals surface area contributed by atoms with Crippen molar-refractivity contribution in [2.75, 3.05) is 14.2 Å². The van der Waals surface area contributed by atoms with Crippen LogP contribution in [0.5, 0.6) is 11.5 Å². The molecule has 0 N–H and O–H groups in total. The summed E-state index contributed by atoms with van der Waals surface area (Å²) in [7, 11) is 3.12. The van der Waals surface area contributed by atoms with E-state index in [-0.39, 0.29) is 11.9 Å². The molecule has 0 aliphatic carbocycles. The normalized spacial score (nSPS) is 19.2. The van der Waals surface area contributed by atoms with Gasteiger partial charge in [-0.05, 0) is 24.6 Å². The predicted molar refractivity (Wildman–Crippen MR) is 58.1 cm³/mol. The molecule has 0 fully saturated rings. The zero-order valence-electron chi connectivity index (χ0n) is 9.57. The summed E-state index contributed by atoms with van der Waals surface area (Å²) in [5.41, 5.74) is 1.51. The number of benzene rings is 1. The second-order valence-electron chi connectivity index (χ2n) is 3.68. The van der Waals surface area contributed by atoms with Gasteiger partial charge in [0.2, 0.25) is 0 Å². The summed E-state index contributed by atoms with van der Waals surface area (Å²) in [6.45, 7) is 2.19. The Morgan fingerprint density at radius 3 is 2.50 bits per heavy atom. The van der Waals surface area contributed by atoms with Crippen LogP contribution >= 0.6 is 0 Å². The third-order valence-electron chi connectivity index (χ3n) is 2.73. The minimum atomic E-state index is -0.384. The second-order valence-corrected chi connectivity index (χ2v) is 3.68. The molecule has 1 aliphatic rings. The molecule has 0 radical (unpaired) electrons. The maximum Gasteiger partial charge on any atom is 0.191 e. The number of hydrogen-bond acceptors (Lipinski definition) is 4. The fourth-order valence-electron chi connectivity index (χ4n) is 1.78. The Bertz CT molecular complexity index is 425. The highest BCUT2D eigenvalue weighted by Gasteiger charge is 2.26. The maximum atomic E-state index is 11.9. The van der Waals surface area contributed by atoms with E-state index in [1.807, 2.05) is 0 Å². The third-order valence-corrected chi connectivity index (χ3v) is 2.73. The van der Waals surface area contributed by atoms with Gasteiger partial charge in [0, 0.05) is 5.56 Å². The van der Waals surface area contributed by atoms with E-state index in [9.17, 15) is 4.79 Å². The molecule has 0 bridgehead atoms. The molecule has 0 amide bonds. The van der Waals surface area contributed by atoms with Gasteiger partial charge in [-0.2, -0.15) is 0 Å². The van der Waals surface area contributed by atoms with Gasteiger partial charge in [-0.15, -0.1) is 0 Å². The molecule has 4 nitrogen and oxygen atoms in total. The number of methoxy groups -OCH3 is 2. The van der Waals surface area contributed by atoms with E-state index in [0.717, 1.165) is 5.56 Å². The molecule has 1 atom stereocenters. The molecular formula is C12H14O4. The van der Waals surface area contributed by atoms with Crippen molar-refractivity contribution in [2.45, 2.75) is 19.6 Å². The van der Waals surface area contributed by atoms with Crippen molar-refractivity contribution in [3.8, 4) is 11.5 Å². The third kappa shape index (κ3) is 1.65. The van der Waals surface area contributed by atoms with E-state index in [4.69, 9.17) is 14.2 Å². The fourth-order valence-corrected chi connectivity index (χ4v) is 1.78. The highest BCUT2D eigenvalue weighted by molar-refractivity contribution is 6.01. The fraction of sp³-hybridized carbons (Fsp3) is 0.417. The van der Waals surface area contributed by atoms with Crippen molar-refractivity contribution >= 4 is 5.78 Å². The van der Waals surface area contributed by atoms with Crippen molar-refractivity contribution in [1.29, 1.82) is 0 Å². The van der Waals surface area contributed by atoms with Crippen LogP contribution in [0.25, 0.3) is 0 Å². The van der Waals surface area contributed by atoms with Crippen LogP contribution in [0, 0.1) is 0 Å². The highest BCUT2D eigenvalue weighted by atomic mass is 16.5. The highest BCUT2D eigenvalue weighted by Crippen LogP contribution is 2.33. The van der Waals surface area contributed by atoms with Gasteiger partial charge in [-0.1, -0.05) is 0 Å². The lowest BCUT2D eigenvalue weighted by Crippen LogP contribution is -2.27. The van der Waals surface area contributed by atoms with E-state index >= 15 is 0 Å². The van der Waals surface area contributed by atoms with Gasteiger partial charge < -0.3 is 14.2 Å². The van der Waals surface area contributed by atoms with E-state index in [1.54, 1.807) is 33.3 Å². The summed E-state index contributed by atoms with van der Waals surface area (Å²) in [4.78, 5) is 11.9. The molecule has 0 aromatic heterocycles. The summed E-state index contributed by atoms with van der Waals surface area (Å²) >= 11 is 0. The minimum Gasteiger partial charge on any atom is -0.493 e. The van der Waals surface area contributed by atoms with Crippen LogP contribution in [-0.4, -0.2) is 26.1 Å². The average Bonchev–Trinajstić information content (AvgIpc) is 2.32. The largest absolute Gasteiger partial charge is 0.493 e. The average molecular weight is 222 g/mol. The standard InChI is InChI=1S/C12H14O4/c1-7-12(13)9-5-11(15-3)10(14-2)4-8(9)6-16-7/h4-5,7H,6H2,1-3H3. The number of Topliss-reactive ketones (excluding diaryl/α,β-unsaturated/α-hetero) is 1. The molecule has 0 spiro atoms. The van der Waals surface area contributed by atoms with Gasteiger partial charge in [0.05, 0.1) is 20.8 Å². The molecule has 16 heavy (non-hydrogen) atoms. The Hall–Kier alpha value is -1.55. The van der Waals surface area contributed by atoms with Crippen LogP contribution in [0.4, 0.5) is 0 Å². The Morgan fingerprint density at radius 1 is 1.25 bits per heavy atom. The lowest BCUT2D eigenvalue weighted by molar-refractivity contribution is 0.0335. The molecule has 2 rings (SSSR count). The molecular weight excluding hydrogens is 208 g/mol. The Morgan fingerprint density at radius 2 is 1.88 bits per heavy atom. The van der Waals surface area contributed by atoms with E-state index in [1.165, 1.54) is 0 Å². The number of rotatable bonds is 2. The molecule has 4 heteroatoms. The van der Waals surface area contributed by atoms with Crippen molar-refractivity contribution < 1.29 is 19.0 Å². The van der Waals surface area contributed by atoms with Gasteiger partial charge >= 0.3 is 0 Å². The summed E-state index contributed by atoms with van der Waals surface area (Å²) in [6.07, 6.45) is -0.384. The Kier molecular flexibility index (Phi) is 2.83. The second kappa shape index (κ2) is 4.14. The molecule has 1 heterocycles. The smallest absolute Gasteiger partial charge is 0.191 e. The quantitative estimate of drug-likeness (QED) is 0.765. The first-order valence-electron chi connectivity index (χ1n) is 5.08. The predicted octanol–water partition coefficient (Wildman–Crippen LogP) is 1.81. The van der Waals surface area contributed by atoms with Gasteiger partial charge in [-0.25, -0.2) is 0 Å². The number of ether oxygens (including phenoxy) is 3.